The van der Waals surface area contributed by atoms with E-state index in [1.165, 1.54) is 12.1 Å². The van der Waals surface area contributed by atoms with Crippen LogP contribution in [-0.4, -0.2) is 39.5 Å². The number of ketones is 1. The lowest BCUT2D eigenvalue weighted by Crippen LogP contribution is -2.45. The summed E-state index contributed by atoms with van der Waals surface area (Å²) in [4.78, 5) is 29.0. The van der Waals surface area contributed by atoms with E-state index >= 15 is 0 Å². The highest BCUT2D eigenvalue weighted by molar-refractivity contribution is 5.97. The molecule has 2 heterocycles. The van der Waals surface area contributed by atoms with E-state index in [2.05, 4.69) is 25.8 Å². The number of fused-ring (bicyclic) bond motifs is 1. The van der Waals surface area contributed by atoms with Crippen molar-refractivity contribution >= 4 is 17.4 Å². The summed E-state index contributed by atoms with van der Waals surface area (Å²) < 4.78 is 27.7. The molecule has 0 saturated carbocycles. The van der Waals surface area contributed by atoms with E-state index in [0.29, 0.717) is 17.1 Å². The Balaban J connectivity index is 1.44. The van der Waals surface area contributed by atoms with Gasteiger partial charge in [-0.25, -0.2) is 13.8 Å². The Morgan fingerprint density at radius 1 is 1.14 bits per heavy atom. The largest absolute Gasteiger partial charge is 0.382 e. The zero-order valence-electron chi connectivity index (χ0n) is 15.2. The third kappa shape index (κ3) is 3.98. The number of aromatic amines is 1. The van der Waals surface area contributed by atoms with Gasteiger partial charge in [0.15, 0.2) is 5.78 Å². The standard InChI is InChI=1S/C20H17F2N5O2/c21-13-5-2-1-4-11(13)8-18-25-19(27-26-18)20(29)24-16-10-23-15-7-3-6-14(22)12(15)9-17(16)28/h1-7,16,23H,8-10H2,(H,24,29)(H,25,26,27)/t16-/m0/s1. The monoisotopic (exact) mass is 397 g/mol. The summed E-state index contributed by atoms with van der Waals surface area (Å²) in [6, 6.07) is 9.90. The van der Waals surface area contributed by atoms with Gasteiger partial charge in [-0.3, -0.25) is 14.7 Å². The lowest BCUT2D eigenvalue weighted by atomic mass is 10.0. The third-order valence-electron chi connectivity index (χ3n) is 4.71. The normalized spacial score (nSPS) is 15.9. The number of H-pyrrole nitrogens is 1. The van der Waals surface area contributed by atoms with Crippen LogP contribution in [0.3, 0.4) is 0 Å². The number of carbonyl (C=O) groups excluding carboxylic acids is 2. The molecule has 148 valence electrons. The fourth-order valence-corrected chi connectivity index (χ4v) is 3.18. The van der Waals surface area contributed by atoms with Gasteiger partial charge in [0, 0.05) is 30.6 Å². The van der Waals surface area contributed by atoms with Crippen molar-refractivity contribution in [2.45, 2.75) is 18.9 Å². The Hall–Kier alpha value is -3.62. The number of carbonyl (C=O) groups is 2. The third-order valence-corrected chi connectivity index (χ3v) is 4.71. The quantitative estimate of drug-likeness (QED) is 0.625. The van der Waals surface area contributed by atoms with Crippen LogP contribution in [0, 0.1) is 11.6 Å². The first-order valence-corrected chi connectivity index (χ1v) is 9.01. The number of nitrogens with one attached hydrogen (secondary N) is 3. The van der Waals surface area contributed by atoms with Gasteiger partial charge in [0.25, 0.3) is 5.91 Å². The molecule has 0 saturated heterocycles. The summed E-state index contributed by atoms with van der Waals surface area (Å²) >= 11 is 0. The highest BCUT2D eigenvalue weighted by Gasteiger charge is 2.28. The van der Waals surface area contributed by atoms with Gasteiger partial charge in [0.2, 0.25) is 5.82 Å². The summed E-state index contributed by atoms with van der Waals surface area (Å²) in [5, 5.41) is 12.0. The van der Waals surface area contributed by atoms with Gasteiger partial charge in [0.1, 0.15) is 23.5 Å². The molecule has 0 radical (unpaired) electrons. The fourth-order valence-electron chi connectivity index (χ4n) is 3.18. The number of rotatable bonds is 4. The van der Waals surface area contributed by atoms with Crippen LogP contribution in [0.4, 0.5) is 14.5 Å². The van der Waals surface area contributed by atoms with Gasteiger partial charge in [-0.2, -0.15) is 0 Å². The summed E-state index contributed by atoms with van der Waals surface area (Å²) in [5.74, 6) is -1.65. The van der Waals surface area contributed by atoms with Gasteiger partial charge in [-0.15, -0.1) is 5.10 Å². The van der Waals surface area contributed by atoms with Crippen LogP contribution < -0.4 is 10.6 Å². The zero-order valence-corrected chi connectivity index (χ0v) is 15.2. The van der Waals surface area contributed by atoms with Crippen LogP contribution in [0.5, 0.6) is 0 Å². The van der Waals surface area contributed by atoms with E-state index < -0.39 is 17.8 Å². The number of amides is 1. The van der Waals surface area contributed by atoms with E-state index in [-0.39, 0.29) is 42.4 Å². The molecule has 0 bridgehead atoms. The predicted octanol–water partition coefficient (Wildman–Crippen LogP) is 2.01. The van der Waals surface area contributed by atoms with Gasteiger partial charge in [-0.1, -0.05) is 24.3 Å². The Morgan fingerprint density at radius 3 is 2.76 bits per heavy atom. The molecule has 1 amide bonds. The van der Waals surface area contributed by atoms with Gasteiger partial charge in [-0.05, 0) is 23.8 Å². The highest BCUT2D eigenvalue weighted by Crippen LogP contribution is 2.22. The SMILES string of the molecule is O=C(N[C@H]1CNc2cccc(F)c2CC1=O)c1n[nH]c(Cc2ccccc2F)n1. The van der Waals surface area contributed by atoms with Crippen molar-refractivity contribution in [1.82, 2.24) is 20.5 Å². The molecule has 1 aromatic heterocycles. The molecule has 2 aromatic carbocycles. The van der Waals surface area contributed by atoms with Crippen molar-refractivity contribution in [3.63, 3.8) is 0 Å². The van der Waals surface area contributed by atoms with E-state index in [0.717, 1.165) is 0 Å². The van der Waals surface area contributed by atoms with Crippen LogP contribution >= 0.6 is 0 Å². The maximum atomic E-state index is 14.0. The highest BCUT2D eigenvalue weighted by atomic mass is 19.1. The Labute approximate surface area is 164 Å². The number of hydrogen-bond donors (Lipinski definition) is 3. The summed E-state index contributed by atoms with van der Waals surface area (Å²) in [6.45, 7) is 0.119. The van der Waals surface area contributed by atoms with Gasteiger partial charge in [0.05, 0.1) is 0 Å². The van der Waals surface area contributed by atoms with Gasteiger partial charge >= 0.3 is 0 Å². The first-order valence-electron chi connectivity index (χ1n) is 9.01. The average molecular weight is 397 g/mol. The number of nitrogens with zero attached hydrogens (tertiary/aromatic N) is 2. The number of anilines is 1. The second-order valence-corrected chi connectivity index (χ2v) is 6.69. The number of Topliss-reactive ketones (excluding diaryl/α,β-unsaturated/α-hetero) is 1. The van der Waals surface area contributed by atoms with Crippen molar-refractivity contribution in [3.05, 3.63) is 76.9 Å². The van der Waals surface area contributed by atoms with Crippen LogP contribution in [0.1, 0.15) is 27.6 Å². The minimum absolute atomic E-state index is 0.119. The second kappa shape index (κ2) is 7.78. The van der Waals surface area contributed by atoms with E-state index in [1.807, 2.05) is 0 Å². The Morgan fingerprint density at radius 2 is 1.93 bits per heavy atom. The zero-order chi connectivity index (χ0) is 20.4. The van der Waals surface area contributed by atoms with Crippen LogP contribution in [0.25, 0.3) is 0 Å². The molecule has 1 aliphatic rings. The lowest BCUT2D eigenvalue weighted by Gasteiger charge is -2.14. The van der Waals surface area contributed by atoms with Crippen molar-refractivity contribution < 1.29 is 18.4 Å². The lowest BCUT2D eigenvalue weighted by molar-refractivity contribution is -0.119. The number of hydrogen-bond acceptors (Lipinski definition) is 5. The molecule has 7 nitrogen and oxygen atoms in total. The van der Waals surface area contributed by atoms with E-state index in [9.17, 15) is 18.4 Å². The minimum atomic E-state index is -0.859. The fraction of sp³-hybridized carbons (Fsp3) is 0.200. The van der Waals surface area contributed by atoms with Crippen molar-refractivity contribution in [3.8, 4) is 0 Å². The average Bonchev–Trinajstić information content (AvgIpc) is 3.11. The first kappa shape index (κ1) is 18.7. The van der Waals surface area contributed by atoms with Crippen molar-refractivity contribution in [2.24, 2.45) is 0 Å². The molecule has 1 aliphatic heterocycles. The molecule has 1 atom stereocenters. The molecule has 0 fully saturated rings. The minimum Gasteiger partial charge on any atom is -0.382 e. The first-order chi connectivity index (χ1) is 14.0. The number of aromatic nitrogens is 3. The Kier molecular flexibility index (Phi) is 5.03. The topological polar surface area (TPSA) is 99.8 Å². The molecule has 0 unspecified atom stereocenters. The van der Waals surface area contributed by atoms with Gasteiger partial charge < -0.3 is 10.6 Å². The van der Waals surface area contributed by atoms with E-state index in [1.54, 1.807) is 30.3 Å². The van der Waals surface area contributed by atoms with Crippen LogP contribution in [0.2, 0.25) is 0 Å². The summed E-state index contributed by atoms with van der Waals surface area (Å²) in [7, 11) is 0. The van der Waals surface area contributed by atoms with Crippen LogP contribution in [-0.2, 0) is 17.6 Å². The molecule has 0 aliphatic carbocycles. The molecule has 0 spiro atoms. The molecule has 4 rings (SSSR count). The number of benzene rings is 2. The predicted molar refractivity (Wildman–Crippen MR) is 100 cm³/mol. The maximum Gasteiger partial charge on any atom is 0.291 e. The molecular weight excluding hydrogens is 380 g/mol. The molecule has 29 heavy (non-hydrogen) atoms. The molecule has 3 N–H and O–H groups in total. The molecule has 9 heteroatoms. The van der Waals surface area contributed by atoms with Crippen LogP contribution in [0.15, 0.2) is 42.5 Å². The van der Waals surface area contributed by atoms with Crippen molar-refractivity contribution in [1.29, 1.82) is 0 Å². The molecular formula is C20H17F2N5O2. The smallest absolute Gasteiger partial charge is 0.291 e. The molecule has 3 aromatic rings. The Bertz CT molecular complexity index is 1080. The maximum absolute atomic E-state index is 14.0. The summed E-state index contributed by atoms with van der Waals surface area (Å²) in [6.07, 6.45) is 0.0118. The summed E-state index contributed by atoms with van der Waals surface area (Å²) in [5.41, 5.74) is 1.22. The second-order valence-electron chi connectivity index (χ2n) is 6.69. The number of halogens is 2. The van der Waals surface area contributed by atoms with Crippen molar-refractivity contribution in [2.75, 3.05) is 11.9 Å². The van der Waals surface area contributed by atoms with E-state index in [4.69, 9.17) is 0 Å².